The molecule has 0 atom stereocenters. The molecule has 0 radical (unpaired) electrons. The number of aromatic nitrogens is 6. The zero-order valence-corrected chi connectivity index (χ0v) is 34.0. The lowest BCUT2D eigenvalue weighted by atomic mass is 10.0. The van der Waals surface area contributed by atoms with Crippen molar-refractivity contribution in [2.45, 2.75) is 0 Å². The normalized spacial score (nSPS) is 11.5. The second-order valence-corrected chi connectivity index (χ2v) is 16.3. The second-order valence-electron chi connectivity index (χ2n) is 15.3. The lowest BCUT2D eigenvalue weighted by Crippen LogP contribution is -2.04. The van der Waals surface area contributed by atoms with E-state index in [4.69, 9.17) is 24.9 Å². The van der Waals surface area contributed by atoms with Gasteiger partial charge in [-0.1, -0.05) is 164 Å². The summed E-state index contributed by atoms with van der Waals surface area (Å²) in [5.74, 6) is 2.36. The van der Waals surface area contributed by atoms with Crippen molar-refractivity contribution in [1.29, 1.82) is 0 Å². The maximum absolute atomic E-state index is 5.47. The van der Waals surface area contributed by atoms with Crippen LogP contribution in [0.2, 0.25) is 0 Å². The highest BCUT2D eigenvalue weighted by atomic mass is 32.1. The average molecular weight is 811 g/mol. The van der Waals surface area contributed by atoms with Gasteiger partial charge in [0.25, 0.3) is 0 Å². The van der Waals surface area contributed by atoms with Crippen LogP contribution in [0.3, 0.4) is 0 Å². The van der Waals surface area contributed by atoms with E-state index in [9.17, 15) is 0 Å². The molecular formula is C55H34N6S. The highest BCUT2D eigenvalue weighted by molar-refractivity contribution is 7.26. The third-order valence-electron chi connectivity index (χ3n) is 11.5. The fourth-order valence-corrected chi connectivity index (χ4v) is 9.71. The molecule has 0 fully saturated rings. The van der Waals surface area contributed by atoms with Crippen LogP contribution in [-0.4, -0.2) is 29.5 Å². The monoisotopic (exact) mass is 810 g/mol. The summed E-state index contributed by atoms with van der Waals surface area (Å²) >= 11 is 1.74. The van der Waals surface area contributed by atoms with Gasteiger partial charge in [-0.3, -0.25) is 0 Å². The lowest BCUT2D eigenvalue weighted by Gasteiger charge is -2.16. The van der Waals surface area contributed by atoms with Crippen LogP contribution in [0.5, 0.6) is 0 Å². The Morgan fingerprint density at radius 1 is 0.339 bits per heavy atom. The van der Waals surface area contributed by atoms with Gasteiger partial charge in [0.05, 0.1) is 32.6 Å². The van der Waals surface area contributed by atoms with Gasteiger partial charge in [-0.05, 0) is 53.6 Å². The smallest absolute Gasteiger partial charge is 0.166 e. The maximum atomic E-state index is 5.47. The Hall–Kier alpha value is -8.13. The van der Waals surface area contributed by atoms with Gasteiger partial charge in [0.2, 0.25) is 0 Å². The summed E-state index contributed by atoms with van der Waals surface area (Å²) in [6.45, 7) is 0. The minimum absolute atomic E-state index is 0.550. The molecule has 6 nitrogen and oxygen atoms in total. The molecule has 12 rings (SSSR count). The molecule has 7 heteroatoms. The molecule has 0 aliphatic heterocycles. The van der Waals surface area contributed by atoms with E-state index in [1.165, 1.54) is 15.5 Å². The van der Waals surface area contributed by atoms with E-state index in [1.807, 2.05) is 66.7 Å². The number of nitrogens with zero attached hydrogens (tertiary/aromatic N) is 6. The molecule has 0 bridgehead atoms. The molecule has 0 spiro atoms. The van der Waals surface area contributed by atoms with Gasteiger partial charge < -0.3 is 4.57 Å². The Kier molecular flexibility index (Phi) is 8.57. The van der Waals surface area contributed by atoms with Gasteiger partial charge in [0, 0.05) is 48.7 Å². The quantitative estimate of drug-likeness (QED) is 0.160. The molecule has 290 valence electrons. The van der Waals surface area contributed by atoms with Crippen molar-refractivity contribution in [1.82, 2.24) is 29.5 Å². The van der Waals surface area contributed by atoms with Crippen molar-refractivity contribution in [3.05, 3.63) is 206 Å². The molecule has 4 aromatic heterocycles. The van der Waals surface area contributed by atoms with E-state index < -0.39 is 0 Å². The van der Waals surface area contributed by atoms with Gasteiger partial charge in [-0.15, -0.1) is 11.3 Å². The summed E-state index contributed by atoms with van der Waals surface area (Å²) < 4.78 is 4.55. The predicted molar refractivity (Wildman–Crippen MR) is 255 cm³/mol. The standard InChI is InChI=1S/C55H34N6S/c1-4-17-35(18-5-1)38-23-16-24-39(33-38)49-51-50(43-27-12-15-30-48(43)62-51)57-54(56-49)40-31-32-47(61-45-28-13-10-25-41(45)42-26-11-14-29-46(42)61)44(34-40)55-59-52(36-19-6-2-7-20-36)58-53(60-55)37-21-8-3-9-22-37/h1-34H. The first-order valence-electron chi connectivity index (χ1n) is 20.6. The Morgan fingerprint density at radius 2 is 0.855 bits per heavy atom. The molecule has 0 saturated carbocycles. The number of benzene rings is 8. The van der Waals surface area contributed by atoms with Crippen molar-refractivity contribution in [3.8, 4) is 73.6 Å². The molecule has 0 saturated heterocycles. The van der Waals surface area contributed by atoms with Crippen LogP contribution in [0.15, 0.2) is 206 Å². The van der Waals surface area contributed by atoms with E-state index in [0.29, 0.717) is 23.3 Å². The van der Waals surface area contributed by atoms with Crippen molar-refractivity contribution < 1.29 is 0 Å². The highest BCUT2D eigenvalue weighted by Gasteiger charge is 2.22. The van der Waals surface area contributed by atoms with Crippen LogP contribution >= 0.6 is 11.3 Å². The molecule has 8 aromatic carbocycles. The third-order valence-corrected chi connectivity index (χ3v) is 12.6. The zero-order chi connectivity index (χ0) is 41.0. The fraction of sp³-hybridized carbons (Fsp3) is 0. The fourth-order valence-electron chi connectivity index (χ4n) is 8.55. The number of para-hydroxylation sites is 2. The first-order chi connectivity index (χ1) is 30.7. The summed E-state index contributed by atoms with van der Waals surface area (Å²) in [6.07, 6.45) is 0. The van der Waals surface area contributed by atoms with Gasteiger partial charge >= 0.3 is 0 Å². The number of fused-ring (bicyclic) bond motifs is 6. The first kappa shape index (κ1) is 35.8. The summed E-state index contributed by atoms with van der Waals surface area (Å²) in [5, 5.41) is 3.45. The molecule has 0 unspecified atom stereocenters. The Labute approximate surface area is 361 Å². The van der Waals surface area contributed by atoms with Gasteiger partial charge in [0.1, 0.15) is 0 Å². The van der Waals surface area contributed by atoms with Crippen LogP contribution in [0, 0.1) is 0 Å². The van der Waals surface area contributed by atoms with Gasteiger partial charge in [0.15, 0.2) is 23.3 Å². The summed E-state index contributed by atoms with van der Waals surface area (Å²) in [4.78, 5) is 26.5. The molecule has 62 heavy (non-hydrogen) atoms. The lowest BCUT2D eigenvalue weighted by molar-refractivity contribution is 1.06. The minimum atomic E-state index is 0.550. The second kappa shape index (κ2) is 14.9. The van der Waals surface area contributed by atoms with Crippen LogP contribution in [-0.2, 0) is 0 Å². The Balaban J connectivity index is 1.14. The minimum Gasteiger partial charge on any atom is -0.309 e. The van der Waals surface area contributed by atoms with E-state index in [0.717, 1.165) is 77.0 Å². The third kappa shape index (κ3) is 6.14. The number of hydrogen-bond acceptors (Lipinski definition) is 6. The summed E-state index contributed by atoms with van der Waals surface area (Å²) in [6, 6.07) is 71.5. The summed E-state index contributed by atoms with van der Waals surface area (Å²) in [5.41, 5.74) is 11.8. The molecule has 0 aliphatic carbocycles. The van der Waals surface area contributed by atoms with Crippen molar-refractivity contribution in [2.24, 2.45) is 0 Å². The molecule has 12 aromatic rings. The molecule has 0 amide bonds. The molecule has 4 heterocycles. The van der Waals surface area contributed by atoms with Crippen molar-refractivity contribution in [3.63, 3.8) is 0 Å². The van der Waals surface area contributed by atoms with E-state index in [1.54, 1.807) is 11.3 Å². The Morgan fingerprint density at radius 3 is 1.52 bits per heavy atom. The van der Waals surface area contributed by atoms with E-state index >= 15 is 0 Å². The van der Waals surface area contributed by atoms with Crippen molar-refractivity contribution >= 4 is 53.4 Å². The number of hydrogen-bond donors (Lipinski definition) is 0. The zero-order valence-electron chi connectivity index (χ0n) is 33.2. The van der Waals surface area contributed by atoms with Crippen LogP contribution in [0.4, 0.5) is 0 Å². The number of thiophene rings is 1. The number of rotatable bonds is 7. The van der Waals surface area contributed by atoms with Gasteiger partial charge in [-0.2, -0.15) is 0 Å². The summed E-state index contributed by atoms with van der Waals surface area (Å²) in [7, 11) is 0. The van der Waals surface area contributed by atoms with Gasteiger partial charge in [-0.25, -0.2) is 24.9 Å². The van der Waals surface area contributed by atoms with E-state index in [-0.39, 0.29) is 0 Å². The SMILES string of the molecule is c1ccc(-c2cccc(-c3nc(-c4ccc(-n5c6ccccc6c6ccccc65)c(-c5nc(-c6ccccc6)nc(-c6ccccc6)n5)c4)nc4c3sc3ccccc34)c2)cc1. The maximum Gasteiger partial charge on any atom is 0.166 e. The van der Waals surface area contributed by atoms with E-state index in [2.05, 4.69) is 144 Å². The molecule has 0 aliphatic rings. The molecule has 0 N–H and O–H groups in total. The largest absolute Gasteiger partial charge is 0.309 e. The molecular weight excluding hydrogens is 777 g/mol. The van der Waals surface area contributed by atoms with Crippen LogP contribution < -0.4 is 0 Å². The first-order valence-corrected chi connectivity index (χ1v) is 21.4. The van der Waals surface area contributed by atoms with Crippen molar-refractivity contribution in [2.75, 3.05) is 0 Å². The predicted octanol–water partition coefficient (Wildman–Crippen LogP) is 14.1. The van der Waals surface area contributed by atoms with Crippen LogP contribution in [0.25, 0.3) is 116 Å². The van der Waals surface area contributed by atoms with Crippen LogP contribution in [0.1, 0.15) is 0 Å². The average Bonchev–Trinajstić information content (AvgIpc) is 3.90. The Bertz CT molecular complexity index is 3520. The highest BCUT2D eigenvalue weighted by Crippen LogP contribution is 2.42. The topological polar surface area (TPSA) is 69.4 Å².